The minimum Gasteiger partial charge on any atom is -0.494 e. The molecule has 3 aromatic rings. The van der Waals surface area contributed by atoms with Crippen molar-refractivity contribution in [2.45, 2.75) is 38.8 Å². The van der Waals surface area contributed by atoms with Gasteiger partial charge in [-0.2, -0.15) is 5.10 Å². The highest BCUT2D eigenvalue weighted by atomic mass is 16.5. The molecule has 1 aliphatic heterocycles. The number of ether oxygens (including phenoxy) is 1. The summed E-state index contributed by atoms with van der Waals surface area (Å²) in [4.78, 5) is 2.51. The second-order valence-electron chi connectivity index (χ2n) is 7.33. The van der Waals surface area contributed by atoms with Crippen molar-refractivity contribution >= 4 is 0 Å². The third kappa shape index (κ3) is 4.09. The van der Waals surface area contributed by atoms with Crippen molar-refractivity contribution in [1.29, 1.82) is 0 Å². The summed E-state index contributed by atoms with van der Waals surface area (Å²) in [6.45, 7) is 6.45. The van der Waals surface area contributed by atoms with Crippen LogP contribution in [0.5, 0.6) is 5.75 Å². The molecule has 0 saturated carbocycles. The summed E-state index contributed by atoms with van der Waals surface area (Å²) >= 11 is 0. The maximum Gasteiger partial charge on any atom is 0.154 e. The van der Waals surface area contributed by atoms with E-state index in [-0.39, 0.29) is 0 Å². The van der Waals surface area contributed by atoms with E-state index in [4.69, 9.17) is 4.74 Å². The topological polar surface area (TPSA) is 61.0 Å². The quantitative estimate of drug-likeness (QED) is 0.631. The molecule has 0 amide bonds. The van der Waals surface area contributed by atoms with Crippen LogP contribution < -0.4 is 4.74 Å². The monoisotopic (exact) mass is 380 g/mol. The van der Waals surface area contributed by atoms with Gasteiger partial charge in [-0.15, -0.1) is 10.2 Å². The number of hydrogen-bond acceptors (Lipinski definition) is 5. The van der Waals surface area contributed by atoms with Crippen molar-refractivity contribution < 1.29 is 4.74 Å². The van der Waals surface area contributed by atoms with Crippen LogP contribution in [-0.4, -0.2) is 49.1 Å². The average Bonchev–Trinajstić information content (AvgIpc) is 3.35. The summed E-state index contributed by atoms with van der Waals surface area (Å²) in [6.07, 6.45) is 5.94. The van der Waals surface area contributed by atoms with Crippen LogP contribution in [0.3, 0.4) is 0 Å². The fourth-order valence-corrected chi connectivity index (χ4v) is 3.93. The van der Waals surface area contributed by atoms with Crippen LogP contribution in [0, 0.1) is 0 Å². The first-order valence-corrected chi connectivity index (χ1v) is 10.0. The summed E-state index contributed by atoms with van der Waals surface area (Å²) in [5, 5.41) is 13.2. The number of benzene rings is 1. The van der Waals surface area contributed by atoms with Gasteiger partial charge in [-0.05, 0) is 45.0 Å². The van der Waals surface area contributed by atoms with Crippen molar-refractivity contribution in [3.8, 4) is 5.75 Å². The van der Waals surface area contributed by atoms with Gasteiger partial charge >= 0.3 is 0 Å². The Balaban J connectivity index is 1.36. The van der Waals surface area contributed by atoms with Crippen LogP contribution in [0.2, 0.25) is 0 Å². The molecule has 0 aliphatic carbocycles. The number of aromatic nitrogens is 5. The summed E-state index contributed by atoms with van der Waals surface area (Å²) < 4.78 is 9.80. The number of hydrogen-bond donors (Lipinski definition) is 0. The lowest BCUT2D eigenvalue weighted by molar-refractivity contribution is 0.197. The number of nitrogens with zero attached hydrogens (tertiary/aromatic N) is 6. The third-order valence-corrected chi connectivity index (χ3v) is 5.48. The zero-order chi connectivity index (χ0) is 19.3. The second-order valence-corrected chi connectivity index (χ2v) is 7.33. The lowest BCUT2D eigenvalue weighted by Gasteiger charge is -2.31. The highest BCUT2D eigenvalue weighted by molar-refractivity contribution is 5.33. The molecule has 0 radical (unpaired) electrons. The highest BCUT2D eigenvalue weighted by Gasteiger charge is 2.25. The van der Waals surface area contributed by atoms with Gasteiger partial charge in [0, 0.05) is 37.5 Å². The Bertz CT molecular complexity index is 880. The fourth-order valence-electron chi connectivity index (χ4n) is 3.93. The highest BCUT2D eigenvalue weighted by Crippen LogP contribution is 2.29. The minimum absolute atomic E-state index is 0.460. The van der Waals surface area contributed by atoms with Gasteiger partial charge in [-0.25, -0.2) is 0 Å². The van der Waals surface area contributed by atoms with E-state index in [1.807, 2.05) is 29.9 Å². The van der Waals surface area contributed by atoms with Gasteiger partial charge in [0.2, 0.25) is 0 Å². The first kappa shape index (κ1) is 18.7. The van der Waals surface area contributed by atoms with Gasteiger partial charge in [0.1, 0.15) is 18.1 Å². The van der Waals surface area contributed by atoms with Gasteiger partial charge in [-0.1, -0.05) is 18.2 Å². The van der Waals surface area contributed by atoms with Gasteiger partial charge < -0.3 is 9.30 Å². The molecule has 1 aromatic carbocycles. The molecule has 2 aromatic heterocycles. The molecule has 3 heterocycles. The smallest absolute Gasteiger partial charge is 0.154 e. The minimum atomic E-state index is 0.460. The van der Waals surface area contributed by atoms with E-state index in [1.165, 1.54) is 5.56 Å². The summed E-state index contributed by atoms with van der Waals surface area (Å²) in [7, 11) is 2.07. The molecule has 1 aliphatic rings. The van der Waals surface area contributed by atoms with Crippen molar-refractivity contribution in [3.63, 3.8) is 0 Å². The zero-order valence-corrected chi connectivity index (χ0v) is 16.7. The molecule has 0 atom stereocenters. The molecule has 1 fully saturated rings. The SMILES string of the molecule is CCOc1ccccc1CN1CCC(c2nnc(Cn3cccn3)n2C)CC1. The number of piperidine rings is 1. The molecular weight excluding hydrogens is 352 g/mol. The van der Waals surface area contributed by atoms with Crippen LogP contribution in [0.15, 0.2) is 42.7 Å². The molecule has 148 valence electrons. The van der Waals surface area contributed by atoms with Crippen LogP contribution in [0.1, 0.15) is 42.9 Å². The standard InChI is InChI=1S/C21H28N6O/c1-3-28-19-8-5-4-7-18(19)15-26-13-9-17(10-14-26)21-24-23-20(25(21)2)16-27-12-6-11-22-27/h4-8,11-12,17H,3,9-10,13-16H2,1-2H3. The molecule has 0 unspecified atom stereocenters. The molecule has 7 heteroatoms. The Morgan fingerprint density at radius 3 is 2.64 bits per heavy atom. The normalized spacial score (nSPS) is 15.8. The van der Waals surface area contributed by atoms with Crippen molar-refractivity contribution in [2.75, 3.05) is 19.7 Å². The molecule has 7 nitrogen and oxygen atoms in total. The summed E-state index contributed by atoms with van der Waals surface area (Å²) in [5.74, 6) is 3.51. The second kappa shape index (κ2) is 8.56. The average molecular weight is 380 g/mol. The largest absolute Gasteiger partial charge is 0.494 e. The van der Waals surface area contributed by atoms with Crippen molar-refractivity contribution in [3.05, 3.63) is 59.9 Å². The van der Waals surface area contributed by atoms with E-state index in [0.29, 0.717) is 19.1 Å². The maximum absolute atomic E-state index is 5.78. The summed E-state index contributed by atoms with van der Waals surface area (Å²) in [5.41, 5.74) is 1.27. The predicted octanol–water partition coefficient (Wildman–Crippen LogP) is 2.84. The lowest BCUT2D eigenvalue weighted by Crippen LogP contribution is -2.33. The number of rotatable bonds is 7. The Labute approximate surface area is 165 Å². The lowest BCUT2D eigenvalue weighted by atomic mass is 9.95. The van der Waals surface area contributed by atoms with Gasteiger partial charge in [-0.3, -0.25) is 9.58 Å². The van der Waals surface area contributed by atoms with Crippen LogP contribution in [0.25, 0.3) is 0 Å². The van der Waals surface area contributed by atoms with E-state index in [1.54, 1.807) is 6.20 Å². The first-order chi connectivity index (χ1) is 13.7. The Kier molecular flexibility index (Phi) is 5.71. The molecule has 0 spiro atoms. The van der Waals surface area contributed by atoms with E-state index >= 15 is 0 Å². The van der Waals surface area contributed by atoms with Gasteiger partial charge in [0.15, 0.2) is 5.82 Å². The van der Waals surface area contributed by atoms with E-state index in [0.717, 1.165) is 49.9 Å². The molecule has 28 heavy (non-hydrogen) atoms. The first-order valence-electron chi connectivity index (χ1n) is 10.0. The molecule has 0 bridgehead atoms. The third-order valence-electron chi connectivity index (χ3n) is 5.48. The Morgan fingerprint density at radius 2 is 1.89 bits per heavy atom. The Morgan fingerprint density at radius 1 is 1.07 bits per heavy atom. The Hall–Kier alpha value is -2.67. The van der Waals surface area contributed by atoms with Crippen molar-refractivity contribution in [2.24, 2.45) is 7.05 Å². The zero-order valence-electron chi connectivity index (χ0n) is 16.7. The molecule has 4 rings (SSSR count). The van der Waals surface area contributed by atoms with Gasteiger partial charge in [0.25, 0.3) is 0 Å². The summed E-state index contributed by atoms with van der Waals surface area (Å²) in [6, 6.07) is 10.3. The molecule has 1 saturated heterocycles. The van der Waals surface area contributed by atoms with Crippen LogP contribution in [0.4, 0.5) is 0 Å². The predicted molar refractivity (Wildman–Crippen MR) is 107 cm³/mol. The maximum atomic E-state index is 5.78. The molecular formula is C21H28N6O. The number of para-hydroxylation sites is 1. The van der Waals surface area contributed by atoms with E-state index < -0.39 is 0 Å². The van der Waals surface area contributed by atoms with E-state index in [9.17, 15) is 0 Å². The fraction of sp³-hybridized carbons (Fsp3) is 0.476. The van der Waals surface area contributed by atoms with Crippen LogP contribution in [-0.2, 0) is 20.1 Å². The molecule has 0 N–H and O–H groups in total. The van der Waals surface area contributed by atoms with Gasteiger partial charge in [0.05, 0.1) is 6.61 Å². The van der Waals surface area contributed by atoms with Crippen LogP contribution >= 0.6 is 0 Å². The van der Waals surface area contributed by atoms with Crippen molar-refractivity contribution in [1.82, 2.24) is 29.4 Å². The van der Waals surface area contributed by atoms with E-state index in [2.05, 4.69) is 50.0 Å². The number of likely N-dealkylation sites (tertiary alicyclic amines) is 1.